The average molecular weight is 274 g/mol. The first kappa shape index (κ1) is 15.5. The molecule has 0 bridgehead atoms. The van der Waals surface area contributed by atoms with Gasteiger partial charge in [0, 0.05) is 24.4 Å². The van der Waals surface area contributed by atoms with Crippen LogP contribution in [0, 0.1) is 5.41 Å². The molecule has 2 nitrogen and oxygen atoms in total. The molecule has 1 saturated carbocycles. The molecule has 1 fully saturated rings. The van der Waals surface area contributed by atoms with Gasteiger partial charge in [-0.1, -0.05) is 39.7 Å². The van der Waals surface area contributed by atoms with Crippen LogP contribution >= 0.6 is 0 Å². The Bertz CT molecular complexity index is 390. The lowest BCUT2D eigenvalue weighted by molar-refractivity contribution is 0.218. The molecule has 1 aliphatic carbocycles. The third kappa shape index (κ3) is 3.82. The van der Waals surface area contributed by atoms with Crippen LogP contribution in [0.5, 0.6) is 0 Å². The van der Waals surface area contributed by atoms with Gasteiger partial charge in [0.15, 0.2) is 0 Å². The Morgan fingerprint density at radius 1 is 1.25 bits per heavy atom. The number of hydrogen-bond donors (Lipinski definition) is 1. The van der Waals surface area contributed by atoms with Crippen LogP contribution in [0.1, 0.15) is 64.1 Å². The van der Waals surface area contributed by atoms with Crippen LogP contribution in [-0.4, -0.2) is 17.6 Å². The number of nitrogens with one attached hydrogen (secondary N) is 1. The monoisotopic (exact) mass is 274 g/mol. The van der Waals surface area contributed by atoms with E-state index < -0.39 is 0 Å². The number of aromatic nitrogens is 1. The number of nitrogens with zero attached hydrogens (tertiary/aromatic N) is 1. The summed E-state index contributed by atoms with van der Waals surface area (Å²) in [4.78, 5) is 4.66. The van der Waals surface area contributed by atoms with Crippen molar-refractivity contribution in [3.05, 3.63) is 29.6 Å². The molecule has 0 aromatic carbocycles. The van der Waals surface area contributed by atoms with Crippen molar-refractivity contribution < 1.29 is 0 Å². The van der Waals surface area contributed by atoms with Gasteiger partial charge in [-0.15, -0.1) is 0 Å². The van der Waals surface area contributed by atoms with Crippen molar-refractivity contribution in [3.8, 4) is 0 Å². The van der Waals surface area contributed by atoms with Gasteiger partial charge in [-0.25, -0.2) is 0 Å². The van der Waals surface area contributed by atoms with Gasteiger partial charge in [-0.2, -0.15) is 0 Å². The highest BCUT2D eigenvalue weighted by Crippen LogP contribution is 2.41. The zero-order chi connectivity index (χ0) is 14.4. The van der Waals surface area contributed by atoms with E-state index >= 15 is 0 Å². The van der Waals surface area contributed by atoms with Gasteiger partial charge in [-0.05, 0) is 49.3 Å². The maximum Gasteiger partial charge on any atom is 0.0419 e. The summed E-state index contributed by atoms with van der Waals surface area (Å²) >= 11 is 0. The standard InChI is InChI=1S/C18H30N2/c1-4-12-19-17(18(3)10-6-7-11-18)13-16-9-8-15(5-2)14-20-16/h8-9,14,17,19H,4-7,10-13H2,1-3H3. The average Bonchev–Trinajstić information content (AvgIpc) is 2.92. The Balaban J connectivity index is 2.05. The maximum atomic E-state index is 4.66. The SMILES string of the molecule is CCCNC(Cc1ccc(CC)cn1)C1(C)CCCC1. The second-order valence-electron chi connectivity index (χ2n) is 6.58. The molecule has 0 spiro atoms. The van der Waals surface area contributed by atoms with Crippen molar-refractivity contribution in [2.24, 2.45) is 5.41 Å². The summed E-state index contributed by atoms with van der Waals surface area (Å²) in [6.45, 7) is 8.01. The van der Waals surface area contributed by atoms with E-state index in [1.165, 1.54) is 43.4 Å². The number of pyridine rings is 1. The lowest BCUT2D eigenvalue weighted by Gasteiger charge is -2.35. The normalized spacial score (nSPS) is 19.1. The second kappa shape index (κ2) is 7.21. The van der Waals surface area contributed by atoms with Gasteiger partial charge in [-0.3, -0.25) is 4.98 Å². The predicted molar refractivity (Wildman–Crippen MR) is 86.0 cm³/mol. The first-order chi connectivity index (χ1) is 9.68. The van der Waals surface area contributed by atoms with E-state index in [-0.39, 0.29) is 0 Å². The fourth-order valence-electron chi connectivity index (χ4n) is 3.41. The minimum Gasteiger partial charge on any atom is -0.313 e. The van der Waals surface area contributed by atoms with Crippen LogP contribution in [0.15, 0.2) is 18.3 Å². The molecular weight excluding hydrogens is 244 g/mol. The van der Waals surface area contributed by atoms with Crippen LogP contribution in [0.25, 0.3) is 0 Å². The molecule has 0 amide bonds. The molecule has 1 heterocycles. The third-order valence-corrected chi connectivity index (χ3v) is 4.94. The van der Waals surface area contributed by atoms with E-state index in [9.17, 15) is 0 Å². The summed E-state index contributed by atoms with van der Waals surface area (Å²) in [5.41, 5.74) is 3.03. The Hall–Kier alpha value is -0.890. The second-order valence-corrected chi connectivity index (χ2v) is 6.58. The fraction of sp³-hybridized carbons (Fsp3) is 0.722. The topological polar surface area (TPSA) is 24.9 Å². The van der Waals surface area contributed by atoms with Crippen LogP contribution in [-0.2, 0) is 12.8 Å². The van der Waals surface area contributed by atoms with Gasteiger partial charge in [0.1, 0.15) is 0 Å². The summed E-state index contributed by atoms with van der Waals surface area (Å²) in [5.74, 6) is 0. The zero-order valence-corrected chi connectivity index (χ0v) is 13.4. The van der Waals surface area contributed by atoms with Gasteiger partial charge in [0.05, 0.1) is 0 Å². The third-order valence-electron chi connectivity index (χ3n) is 4.94. The molecule has 1 atom stereocenters. The van der Waals surface area contributed by atoms with Gasteiger partial charge < -0.3 is 5.32 Å². The highest BCUT2D eigenvalue weighted by molar-refractivity contribution is 5.15. The molecule has 2 heteroatoms. The molecule has 1 unspecified atom stereocenters. The summed E-state index contributed by atoms with van der Waals surface area (Å²) in [6, 6.07) is 5.03. The van der Waals surface area contributed by atoms with Crippen LogP contribution in [0.2, 0.25) is 0 Å². The first-order valence-corrected chi connectivity index (χ1v) is 8.35. The Labute approximate surface area is 124 Å². The molecule has 112 valence electrons. The molecule has 2 rings (SSSR count). The summed E-state index contributed by atoms with van der Waals surface area (Å²) in [7, 11) is 0. The van der Waals surface area contributed by atoms with Crippen LogP contribution in [0.4, 0.5) is 0 Å². The van der Waals surface area contributed by atoms with Crippen molar-refractivity contribution in [1.82, 2.24) is 10.3 Å². The molecule has 0 radical (unpaired) electrons. The lowest BCUT2D eigenvalue weighted by Crippen LogP contribution is -2.44. The maximum absolute atomic E-state index is 4.66. The molecule has 0 saturated heterocycles. The summed E-state index contributed by atoms with van der Waals surface area (Å²) in [5, 5.41) is 3.79. The minimum atomic E-state index is 0.459. The van der Waals surface area contributed by atoms with Crippen molar-refractivity contribution in [2.75, 3.05) is 6.54 Å². The Morgan fingerprint density at radius 3 is 2.55 bits per heavy atom. The summed E-state index contributed by atoms with van der Waals surface area (Å²) < 4.78 is 0. The predicted octanol–water partition coefficient (Wildman–Crippen LogP) is 4.14. The van der Waals surface area contributed by atoms with E-state index in [1.807, 2.05) is 6.20 Å². The molecular formula is C18H30N2. The van der Waals surface area contributed by atoms with Gasteiger partial charge >= 0.3 is 0 Å². The quantitative estimate of drug-likeness (QED) is 0.808. The zero-order valence-electron chi connectivity index (χ0n) is 13.4. The molecule has 20 heavy (non-hydrogen) atoms. The van der Waals surface area contributed by atoms with E-state index in [0.717, 1.165) is 19.4 Å². The van der Waals surface area contributed by atoms with Crippen molar-refractivity contribution in [3.63, 3.8) is 0 Å². The number of rotatable bonds is 7. The Kier molecular flexibility index (Phi) is 5.59. The molecule has 1 N–H and O–H groups in total. The highest BCUT2D eigenvalue weighted by atomic mass is 14.9. The Morgan fingerprint density at radius 2 is 2.00 bits per heavy atom. The number of hydrogen-bond acceptors (Lipinski definition) is 2. The van der Waals surface area contributed by atoms with Crippen molar-refractivity contribution in [1.29, 1.82) is 0 Å². The van der Waals surface area contributed by atoms with E-state index in [0.29, 0.717) is 11.5 Å². The number of aryl methyl sites for hydroxylation is 1. The minimum absolute atomic E-state index is 0.459. The molecule has 1 aromatic rings. The largest absolute Gasteiger partial charge is 0.313 e. The van der Waals surface area contributed by atoms with Crippen molar-refractivity contribution in [2.45, 2.75) is 71.8 Å². The van der Waals surface area contributed by atoms with Gasteiger partial charge in [0.2, 0.25) is 0 Å². The lowest BCUT2D eigenvalue weighted by atomic mass is 9.78. The molecule has 0 aliphatic heterocycles. The highest BCUT2D eigenvalue weighted by Gasteiger charge is 2.36. The van der Waals surface area contributed by atoms with E-state index in [2.05, 4.69) is 43.2 Å². The van der Waals surface area contributed by atoms with Crippen molar-refractivity contribution >= 4 is 0 Å². The smallest absolute Gasteiger partial charge is 0.0419 e. The molecule has 1 aromatic heterocycles. The fourth-order valence-corrected chi connectivity index (χ4v) is 3.41. The van der Waals surface area contributed by atoms with E-state index in [4.69, 9.17) is 0 Å². The van der Waals surface area contributed by atoms with E-state index in [1.54, 1.807) is 0 Å². The summed E-state index contributed by atoms with van der Waals surface area (Å²) in [6.07, 6.45) is 10.9. The van der Waals surface area contributed by atoms with Gasteiger partial charge in [0.25, 0.3) is 0 Å². The molecule has 1 aliphatic rings. The first-order valence-electron chi connectivity index (χ1n) is 8.35. The van der Waals surface area contributed by atoms with Crippen LogP contribution < -0.4 is 5.32 Å². The van der Waals surface area contributed by atoms with Crippen LogP contribution in [0.3, 0.4) is 0 Å².